The summed E-state index contributed by atoms with van der Waals surface area (Å²) in [5.41, 5.74) is 6.70. The largest absolute Gasteiger partial charge is 1.00 e. The van der Waals surface area contributed by atoms with E-state index >= 15 is 0 Å². The molecule has 24 heavy (non-hydrogen) atoms. The molecule has 2 aromatic carbocycles. The molecule has 1 aromatic heterocycles. The van der Waals surface area contributed by atoms with E-state index in [-0.39, 0.29) is 12.4 Å². The summed E-state index contributed by atoms with van der Waals surface area (Å²) >= 11 is 0. The average molecular weight is 339 g/mol. The number of imidazole rings is 1. The van der Waals surface area contributed by atoms with Crippen LogP contribution in [0.2, 0.25) is 0 Å². The lowest BCUT2D eigenvalue weighted by Gasteiger charge is -2.01. The molecule has 0 fully saturated rings. The van der Waals surface area contributed by atoms with Crippen LogP contribution >= 0.6 is 0 Å². The monoisotopic (exact) mass is 338 g/mol. The van der Waals surface area contributed by atoms with Crippen LogP contribution in [-0.2, 0) is 19.5 Å². The summed E-state index contributed by atoms with van der Waals surface area (Å²) < 4.78 is 4.94. The highest BCUT2D eigenvalue weighted by Crippen LogP contribution is 2.25. The van der Waals surface area contributed by atoms with Crippen molar-refractivity contribution >= 4 is 0 Å². The third-order valence-electron chi connectivity index (χ3n) is 4.78. The van der Waals surface area contributed by atoms with Gasteiger partial charge in [-0.2, -0.15) is 0 Å². The summed E-state index contributed by atoms with van der Waals surface area (Å²) in [6, 6.07) is 17.7. The molecule has 0 amide bonds. The number of nitrogens with zero attached hydrogens (tertiary/aromatic N) is 2. The summed E-state index contributed by atoms with van der Waals surface area (Å²) in [5, 5.41) is 0. The van der Waals surface area contributed by atoms with Gasteiger partial charge in [-0.3, -0.25) is 0 Å². The minimum Gasteiger partial charge on any atom is -1.00 e. The van der Waals surface area contributed by atoms with Crippen LogP contribution in [-0.4, -0.2) is 4.57 Å². The van der Waals surface area contributed by atoms with Crippen molar-refractivity contribution in [1.29, 1.82) is 0 Å². The van der Waals surface area contributed by atoms with Gasteiger partial charge in [-0.1, -0.05) is 59.7 Å². The molecular weight excluding hydrogens is 316 g/mol. The predicted molar refractivity (Wildman–Crippen MR) is 93.4 cm³/mol. The molecule has 3 heteroatoms. The molecule has 4 rings (SSSR count). The Balaban J connectivity index is 0.00000169. The molecule has 1 aliphatic rings. The SMILES string of the molecule is Cc1ccc(-c2c[n+](Cc3cccc(C)c3)c3n2CCC3)cc1.[Cl-]. The van der Waals surface area contributed by atoms with Gasteiger partial charge in [0, 0.05) is 5.56 Å². The smallest absolute Gasteiger partial charge is 0.257 e. The van der Waals surface area contributed by atoms with Gasteiger partial charge in [0.25, 0.3) is 5.82 Å². The van der Waals surface area contributed by atoms with Gasteiger partial charge in [0.1, 0.15) is 12.7 Å². The van der Waals surface area contributed by atoms with Gasteiger partial charge in [-0.25, -0.2) is 9.13 Å². The third kappa shape index (κ3) is 3.11. The maximum Gasteiger partial charge on any atom is 0.257 e. The fourth-order valence-electron chi connectivity index (χ4n) is 3.61. The van der Waals surface area contributed by atoms with Gasteiger partial charge in [0.05, 0.1) is 13.0 Å². The Hall–Kier alpha value is -2.06. The van der Waals surface area contributed by atoms with Crippen LogP contribution in [0.4, 0.5) is 0 Å². The van der Waals surface area contributed by atoms with E-state index in [0.717, 1.165) is 13.1 Å². The predicted octanol–water partition coefficient (Wildman–Crippen LogP) is 1.06. The fraction of sp³-hybridized carbons (Fsp3) is 0.286. The van der Waals surface area contributed by atoms with Gasteiger partial charge >= 0.3 is 0 Å². The molecule has 0 radical (unpaired) electrons. The van der Waals surface area contributed by atoms with Gasteiger partial charge in [0.15, 0.2) is 5.69 Å². The zero-order valence-electron chi connectivity index (χ0n) is 14.3. The van der Waals surface area contributed by atoms with E-state index in [4.69, 9.17) is 0 Å². The molecule has 0 atom stereocenters. The van der Waals surface area contributed by atoms with E-state index < -0.39 is 0 Å². The Morgan fingerprint density at radius 3 is 2.54 bits per heavy atom. The number of hydrogen-bond donors (Lipinski definition) is 0. The molecule has 0 bridgehead atoms. The molecular formula is C21H23ClN2. The minimum absolute atomic E-state index is 0. The lowest BCUT2D eigenvalue weighted by Crippen LogP contribution is -3.00. The van der Waals surface area contributed by atoms with Crippen molar-refractivity contribution < 1.29 is 17.0 Å². The van der Waals surface area contributed by atoms with E-state index in [0.29, 0.717) is 0 Å². The first-order valence-electron chi connectivity index (χ1n) is 8.45. The maximum atomic E-state index is 2.50. The fourth-order valence-corrected chi connectivity index (χ4v) is 3.61. The van der Waals surface area contributed by atoms with Gasteiger partial charge in [0.2, 0.25) is 0 Å². The van der Waals surface area contributed by atoms with Crippen LogP contribution in [0.15, 0.2) is 54.7 Å². The molecule has 2 nitrogen and oxygen atoms in total. The molecule has 0 saturated carbocycles. The van der Waals surface area contributed by atoms with Gasteiger partial charge < -0.3 is 12.4 Å². The van der Waals surface area contributed by atoms with E-state index in [9.17, 15) is 0 Å². The number of hydrogen-bond acceptors (Lipinski definition) is 0. The average Bonchev–Trinajstić information content (AvgIpc) is 3.12. The lowest BCUT2D eigenvalue weighted by molar-refractivity contribution is -0.694. The number of aryl methyl sites for hydroxylation is 2. The van der Waals surface area contributed by atoms with Crippen LogP contribution < -0.4 is 17.0 Å². The van der Waals surface area contributed by atoms with Crippen molar-refractivity contribution in [2.24, 2.45) is 0 Å². The van der Waals surface area contributed by atoms with Crippen LogP contribution in [0.1, 0.15) is 28.9 Å². The molecule has 3 aromatic rings. The second-order valence-electron chi connectivity index (χ2n) is 6.67. The van der Waals surface area contributed by atoms with Crippen LogP contribution in [0, 0.1) is 13.8 Å². The van der Waals surface area contributed by atoms with Crippen LogP contribution in [0.25, 0.3) is 11.3 Å². The molecule has 124 valence electrons. The summed E-state index contributed by atoms with van der Waals surface area (Å²) in [6.07, 6.45) is 4.77. The number of aromatic nitrogens is 2. The van der Waals surface area contributed by atoms with E-state index in [1.807, 2.05) is 0 Å². The lowest BCUT2D eigenvalue weighted by atomic mass is 10.1. The molecule has 0 aliphatic carbocycles. The first kappa shape index (κ1) is 16.8. The van der Waals surface area contributed by atoms with Crippen LogP contribution in [0.3, 0.4) is 0 Å². The van der Waals surface area contributed by atoms with Crippen molar-refractivity contribution in [1.82, 2.24) is 4.57 Å². The number of halogens is 1. The van der Waals surface area contributed by atoms with Crippen molar-refractivity contribution in [3.05, 3.63) is 77.2 Å². The molecule has 0 N–H and O–H groups in total. The van der Waals surface area contributed by atoms with Crippen molar-refractivity contribution in [2.45, 2.75) is 39.8 Å². The Morgan fingerprint density at radius 2 is 1.79 bits per heavy atom. The zero-order valence-corrected chi connectivity index (χ0v) is 15.1. The highest BCUT2D eigenvalue weighted by Gasteiger charge is 2.28. The Kier molecular flexibility index (Phi) is 4.77. The third-order valence-corrected chi connectivity index (χ3v) is 4.78. The zero-order chi connectivity index (χ0) is 15.8. The van der Waals surface area contributed by atoms with Crippen molar-refractivity contribution in [3.8, 4) is 11.3 Å². The first-order chi connectivity index (χ1) is 11.2. The van der Waals surface area contributed by atoms with E-state index in [1.54, 1.807) is 0 Å². The summed E-state index contributed by atoms with van der Waals surface area (Å²) in [5.74, 6) is 1.46. The summed E-state index contributed by atoms with van der Waals surface area (Å²) in [4.78, 5) is 0. The molecule has 0 saturated heterocycles. The molecule has 1 aliphatic heterocycles. The molecule has 0 spiro atoms. The van der Waals surface area contributed by atoms with Crippen molar-refractivity contribution in [3.63, 3.8) is 0 Å². The highest BCUT2D eigenvalue weighted by molar-refractivity contribution is 5.59. The van der Waals surface area contributed by atoms with Crippen LogP contribution in [0.5, 0.6) is 0 Å². The molecule has 2 heterocycles. The standard InChI is InChI=1S/C21H23N2.ClH/c1-16-8-10-19(11-9-16)20-15-22(21-7-4-12-23(20)21)14-18-6-3-5-17(2)13-18;/h3,5-6,8-11,13,15H,4,7,12,14H2,1-2H3;1H/q+1;/p-1. The number of benzene rings is 2. The van der Waals surface area contributed by atoms with E-state index in [1.165, 1.54) is 46.6 Å². The van der Waals surface area contributed by atoms with Gasteiger partial charge in [-0.15, -0.1) is 0 Å². The van der Waals surface area contributed by atoms with Gasteiger partial charge in [-0.05, 0) is 25.8 Å². The second kappa shape index (κ2) is 6.82. The Morgan fingerprint density at radius 1 is 1.00 bits per heavy atom. The summed E-state index contributed by atoms with van der Waals surface area (Å²) in [6.45, 7) is 6.41. The van der Waals surface area contributed by atoms with E-state index in [2.05, 4.69) is 77.7 Å². The number of fused-ring (bicyclic) bond motifs is 1. The first-order valence-corrected chi connectivity index (χ1v) is 8.45. The van der Waals surface area contributed by atoms with Crippen molar-refractivity contribution in [2.75, 3.05) is 0 Å². The normalized spacial score (nSPS) is 12.8. The maximum absolute atomic E-state index is 2.50. The quantitative estimate of drug-likeness (QED) is 0.631. The second-order valence-corrected chi connectivity index (χ2v) is 6.67. The topological polar surface area (TPSA) is 8.81 Å². The number of rotatable bonds is 3. The molecule has 0 unspecified atom stereocenters. The summed E-state index contributed by atoms with van der Waals surface area (Å²) in [7, 11) is 0. The Bertz CT molecular complexity index is 847. The highest BCUT2D eigenvalue weighted by atomic mass is 35.5. The Labute approximate surface area is 150 Å². The minimum atomic E-state index is 0.